The van der Waals surface area contributed by atoms with E-state index in [9.17, 15) is 4.79 Å². The minimum absolute atomic E-state index is 0.348. The quantitative estimate of drug-likeness (QED) is 0.798. The van der Waals surface area contributed by atoms with Gasteiger partial charge in [0.1, 0.15) is 5.15 Å². The number of aldehydes is 1. The SMILES string of the molecule is COCCn1c(Cl)c(C=O)c2cc(Cl)cc(Cl)c21. The fourth-order valence-corrected chi connectivity index (χ4v) is 2.82. The van der Waals surface area contributed by atoms with Crippen molar-refractivity contribution in [2.45, 2.75) is 6.54 Å². The van der Waals surface area contributed by atoms with E-state index < -0.39 is 0 Å². The molecule has 18 heavy (non-hydrogen) atoms. The lowest BCUT2D eigenvalue weighted by molar-refractivity contribution is 0.112. The summed E-state index contributed by atoms with van der Waals surface area (Å²) in [6.07, 6.45) is 0.709. The van der Waals surface area contributed by atoms with Crippen molar-refractivity contribution in [1.29, 1.82) is 0 Å². The highest BCUT2D eigenvalue weighted by Gasteiger charge is 2.18. The van der Waals surface area contributed by atoms with E-state index in [0.717, 1.165) is 0 Å². The third-order valence-corrected chi connectivity index (χ3v) is 3.60. The molecule has 2 aromatic rings. The minimum Gasteiger partial charge on any atom is -0.383 e. The van der Waals surface area contributed by atoms with E-state index in [1.807, 2.05) is 0 Å². The van der Waals surface area contributed by atoms with Crippen LogP contribution in [0.25, 0.3) is 10.9 Å². The summed E-state index contributed by atoms with van der Waals surface area (Å²) in [7, 11) is 1.60. The fourth-order valence-electron chi connectivity index (χ4n) is 1.90. The van der Waals surface area contributed by atoms with Gasteiger partial charge in [0.15, 0.2) is 6.29 Å². The predicted molar refractivity (Wildman–Crippen MR) is 74.2 cm³/mol. The first-order chi connectivity index (χ1) is 8.60. The number of carbonyl (C=O) groups is 1. The second-order valence-electron chi connectivity index (χ2n) is 3.75. The Balaban J connectivity index is 2.76. The molecule has 0 aliphatic rings. The summed E-state index contributed by atoms with van der Waals surface area (Å²) in [5.41, 5.74) is 1.09. The van der Waals surface area contributed by atoms with Gasteiger partial charge in [0.05, 0.1) is 22.7 Å². The molecule has 0 unspecified atom stereocenters. The highest BCUT2D eigenvalue weighted by Crippen LogP contribution is 2.35. The van der Waals surface area contributed by atoms with Crippen LogP contribution >= 0.6 is 34.8 Å². The Morgan fingerprint density at radius 1 is 1.33 bits per heavy atom. The molecule has 0 amide bonds. The standard InChI is InChI=1S/C12H10Cl3NO2/c1-18-3-2-16-11-8(9(6-17)12(16)15)4-7(13)5-10(11)14/h4-6H,2-3H2,1H3. The fraction of sp³-hybridized carbons (Fsp3) is 0.250. The van der Waals surface area contributed by atoms with Crippen LogP contribution in [0, 0.1) is 0 Å². The summed E-state index contributed by atoms with van der Waals surface area (Å²) < 4.78 is 6.77. The molecule has 0 radical (unpaired) electrons. The topological polar surface area (TPSA) is 31.2 Å². The maximum absolute atomic E-state index is 11.1. The molecular weight excluding hydrogens is 296 g/mol. The van der Waals surface area contributed by atoms with Crippen LogP contribution in [0.2, 0.25) is 15.2 Å². The largest absolute Gasteiger partial charge is 0.383 e. The summed E-state index contributed by atoms with van der Waals surface area (Å²) in [4.78, 5) is 11.1. The Bertz CT molecular complexity index is 607. The van der Waals surface area contributed by atoms with E-state index in [0.29, 0.717) is 51.1 Å². The molecule has 0 N–H and O–H groups in total. The van der Waals surface area contributed by atoms with E-state index in [2.05, 4.69) is 0 Å². The number of ether oxygens (including phenoxy) is 1. The van der Waals surface area contributed by atoms with Gasteiger partial charge in [-0.15, -0.1) is 0 Å². The highest BCUT2D eigenvalue weighted by atomic mass is 35.5. The van der Waals surface area contributed by atoms with Gasteiger partial charge < -0.3 is 9.30 Å². The molecule has 1 aromatic carbocycles. The molecule has 0 spiro atoms. The van der Waals surface area contributed by atoms with E-state index >= 15 is 0 Å². The molecule has 96 valence electrons. The van der Waals surface area contributed by atoms with Crippen LogP contribution in [0.3, 0.4) is 0 Å². The smallest absolute Gasteiger partial charge is 0.153 e. The summed E-state index contributed by atoms with van der Waals surface area (Å²) in [5, 5.41) is 1.93. The number of hydrogen-bond acceptors (Lipinski definition) is 2. The van der Waals surface area contributed by atoms with Crippen LogP contribution in [0.15, 0.2) is 12.1 Å². The zero-order valence-corrected chi connectivity index (χ0v) is 11.8. The third kappa shape index (κ3) is 2.24. The van der Waals surface area contributed by atoms with E-state index in [1.165, 1.54) is 0 Å². The lowest BCUT2D eigenvalue weighted by Crippen LogP contribution is -2.04. The van der Waals surface area contributed by atoms with Gasteiger partial charge in [-0.05, 0) is 12.1 Å². The zero-order chi connectivity index (χ0) is 13.3. The number of nitrogens with zero attached hydrogens (tertiary/aromatic N) is 1. The number of methoxy groups -OCH3 is 1. The number of aromatic nitrogens is 1. The first kappa shape index (κ1) is 13.7. The Morgan fingerprint density at radius 2 is 2.06 bits per heavy atom. The molecule has 0 atom stereocenters. The first-order valence-electron chi connectivity index (χ1n) is 5.21. The van der Waals surface area contributed by atoms with Gasteiger partial charge in [0.2, 0.25) is 0 Å². The molecule has 0 fully saturated rings. The van der Waals surface area contributed by atoms with E-state index in [1.54, 1.807) is 23.8 Å². The average Bonchev–Trinajstić information content (AvgIpc) is 2.58. The Hall–Kier alpha value is -0.740. The molecule has 3 nitrogen and oxygen atoms in total. The Morgan fingerprint density at radius 3 is 2.67 bits per heavy atom. The summed E-state index contributed by atoms with van der Waals surface area (Å²) >= 11 is 18.3. The predicted octanol–water partition coefficient (Wildman–Crippen LogP) is 4.06. The van der Waals surface area contributed by atoms with Crippen LogP contribution in [0.1, 0.15) is 10.4 Å². The molecule has 0 saturated carbocycles. The molecule has 1 aromatic heterocycles. The minimum atomic E-state index is 0.348. The average molecular weight is 307 g/mol. The van der Waals surface area contributed by atoms with Gasteiger partial charge in [0.25, 0.3) is 0 Å². The summed E-state index contributed by atoms with van der Waals surface area (Å²) in [6.45, 7) is 0.988. The molecule has 6 heteroatoms. The van der Waals surface area contributed by atoms with Gasteiger partial charge in [0, 0.05) is 24.1 Å². The molecular formula is C12H10Cl3NO2. The lowest BCUT2D eigenvalue weighted by atomic mass is 10.2. The molecule has 1 heterocycles. The number of rotatable bonds is 4. The van der Waals surface area contributed by atoms with Crippen molar-refractivity contribution in [3.8, 4) is 0 Å². The van der Waals surface area contributed by atoms with Crippen molar-refractivity contribution in [1.82, 2.24) is 4.57 Å². The maximum atomic E-state index is 11.1. The first-order valence-corrected chi connectivity index (χ1v) is 6.34. The highest BCUT2D eigenvalue weighted by molar-refractivity contribution is 6.40. The second-order valence-corrected chi connectivity index (χ2v) is 4.95. The lowest BCUT2D eigenvalue weighted by Gasteiger charge is -2.07. The number of fused-ring (bicyclic) bond motifs is 1. The van der Waals surface area contributed by atoms with Gasteiger partial charge >= 0.3 is 0 Å². The van der Waals surface area contributed by atoms with Crippen LogP contribution in [0.5, 0.6) is 0 Å². The van der Waals surface area contributed by atoms with E-state index in [4.69, 9.17) is 39.5 Å². The van der Waals surface area contributed by atoms with Crippen molar-refractivity contribution in [3.63, 3.8) is 0 Å². The monoisotopic (exact) mass is 305 g/mol. The second kappa shape index (κ2) is 5.49. The van der Waals surface area contributed by atoms with Gasteiger partial charge in [-0.3, -0.25) is 4.79 Å². The zero-order valence-electron chi connectivity index (χ0n) is 9.54. The van der Waals surface area contributed by atoms with Gasteiger partial charge in [-0.1, -0.05) is 34.8 Å². The summed E-state index contributed by atoms with van der Waals surface area (Å²) in [5.74, 6) is 0. The maximum Gasteiger partial charge on any atom is 0.153 e. The van der Waals surface area contributed by atoms with Crippen molar-refractivity contribution >= 4 is 52.0 Å². The van der Waals surface area contributed by atoms with Gasteiger partial charge in [-0.2, -0.15) is 0 Å². The molecule has 0 bridgehead atoms. The van der Waals surface area contributed by atoms with E-state index in [-0.39, 0.29) is 0 Å². The molecule has 0 aliphatic heterocycles. The van der Waals surface area contributed by atoms with Crippen LogP contribution in [-0.4, -0.2) is 24.6 Å². The van der Waals surface area contributed by atoms with Crippen LogP contribution in [-0.2, 0) is 11.3 Å². The normalized spacial score (nSPS) is 11.1. The van der Waals surface area contributed by atoms with Crippen molar-refractivity contribution in [2.75, 3.05) is 13.7 Å². The number of benzene rings is 1. The van der Waals surface area contributed by atoms with Gasteiger partial charge in [-0.25, -0.2) is 0 Å². The van der Waals surface area contributed by atoms with Crippen LogP contribution in [0.4, 0.5) is 0 Å². The van der Waals surface area contributed by atoms with Crippen molar-refractivity contribution in [2.24, 2.45) is 0 Å². The number of hydrogen-bond donors (Lipinski definition) is 0. The summed E-state index contributed by atoms with van der Waals surface area (Å²) in [6, 6.07) is 3.31. The molecule has 0 aliphatic carbocycles. The number of halogens is 3. The Kier molecular flexibility index (Phi) is 4.17. The third-order valence-electron chi connectivity index (χ3n) is 2.68. The Labute approximate surface area is 119 Å². The van der Waals surface area contributed by atoms with Crippen molar-refractivity contribution in [3.05, 3.63) is 32.9 Å². The van der Waals surface area contributed by atoms with Crippen molar-refractivity contribution < 1.29 is 9.53 Å². The molecule has 0 saturated heterocycles. The van der Waals surface area contributed by atoms with Crippen LogP contribution < -0.4 is 0 Å². The number of carbonyl (C=O) groups excluding carboxylic acids is 1. The molecule has 2 rings (SSSR count).